The summed E-state index contributed by atoms with van der Waals surface area (Å²) in [5, 5.41) is 13.0. The third kappa shape index (κ3) is 2.66. The van der Waals surface area contributed by atoms with Crippen LogP contribution in [-0.2, 0) is 16.6 Å². The van der Waals surface area contributed by atoms with Crippen LogP contribution in [0, 0.1) is 6.92 Å². The predicted octanol–water partition coefficient (Wildman–Crippen LogP) is 0.562. The summed E-state index contributed by atoms with van der Waals surface area (Å²) in [4.78, 5) is 3.67. The van der Waals surface area contributed by atoms with Gasteiger partial charge in [-0.15, -0.1) is 0 Å². The van der Waals surface area contributed by atoms with E-state index in [-0.39, 0.29) is 23.1 Å². The van der Waals surface area contributed by atoms with Crippen molar-refractivity contribution in [3.05, 3.63) is 36.0 Å². The maximum absolute atomic E-state index is 11.9. The molecular weight excluding hydrogens is 258 g/mol. The van der Waals surface area contributed by atoms with E-state index in [4.69, 9.17) is 4.52 Å². The average molecular weight is 269 g/mol. The zero-order valence-electron chi connectivity index (χ0n) is 9.49. The van der Waals surface area contributed by atoms with Gasteiger partial charge in [-0.05, 0) is 19.1 Å². The Balaban J connectivity index is 2.16. The summed E-state index contributed by atoms with van der Waals surface area (Å²) in [5.41, 5.74) is 0. The number of hydrogen-bond donors (Lipinski definition) is 2. The first-order chi connectivity index (χ1) is 8.49. The van der Waals surface area contributed by atoms with E-state index in [9.17, 15) is 13.5 Å². The number of sulfonamides is 1. The topological polar surface area (TPSA) is 105 Å². The van der Waals surface area contributed by atoms with Gasteiger partial charge in [0.05, 0.1) is 6.54 Å². The van der Waals surface area contributed by atoms with Crippen molar-refractivity contribution in [2.45, 2.75) is 18.4 Å². The third-order valence-corrected chi connectivity index (χ3v) is 3.59. The smallest absolute Gasteiger partial charge is 0.244 e. The Morgan fingerprint density at radius 1 is 1.39 bits per heavy atom. The Bertz CT molecular complexity index is 651. The van der Waals surface area contributed by atoms with Crippen molar-refractivity contribution < 1.29 is 18.0 Å². The lowest BCUT2D eigenvalue weighted by Crippen LogP contribution is -2.23. The molecule has 96 valence electrons. The van der Waals surface area contributed by atoms with Gasteiger partial charge in [0.2, 0.25) is 15.9 Å². The van der Waals surface area contributed by atoms with Gasteiger partial charge in [0.25, 0.3) is 0 Å². The molecule has 0 fully saturated rings. The number of nitrogens with one attached hydrogen (secondary N) is 1. The number of aryl methyl sites for hydroxylation is 1. The van der Waals surface area contributed by atoms with Crippen LogP contribution in [0.25, 0.3) is 0 Å². The van der Waals surface area contributed by atoms with E-state index in [1.54, 1.807) is 6.92 Å². The molecule has 0 aliphatic rings. The van der Waals surface area contributed by atoms with E-state index in [0.717, 1.165) is 0 Å². The van der Waals surface area contributed by atoms with Gasteiger partial charge in [-0.25, -0.2) is 13.1 Å². The van der Waals surface area contributed by atoms with E-state index in [0.29, 0.717) is 5.82 Å². The van der Waals surface area contributed by atoms with Crippen LogP contribution in [0.3, 0.4) is 0 Å². The molecule has 8 heteroatoms. The molecule has 18 heavy (non-hydrogen) atoms. The highest BCUT2D eigenvalue weighted by atomic mass is 32.2. The number of para-hydroxylation sites is 1. The van der Waals surface area contributed by atoms with Crippen molar-refractivity contribution in [3.8, 4) is 5.75 Å². The quantitative estimate of drug-likeness (QED) is 0.840. The summed E-state index contributed by atoms with van der Waals surface area (Å²) in [5.74, 6) is 0.268. The molecule has 1 aromatic carbocycles. The van der Waals surface area contributed by atoms with Crippen molar-refractivity contribution in [1.29, 1.82) is 0 Å². The van der Waals surface area contributed by atoms with Gasteiger partial charge in [-0.1, -0.05) is 17.3 Å². The normalized spacial score (nSPS) is 11.6. The zero-order valence-corrected chi connectivity index (χ0v) is 10.3. The molecule has 1 aromatic heterocycles. The van der Waals surface area contributed by atoms with Crippen LogP contribution in [0.4, 0.5) is 0 Å². The van der Waals surface area contributed by atoms with Crippen LogP contribution in [0.1, 0.15) is 11.7 Å². The Hall–Kier alpha value is -1.93. The summed E-state index contributed by atoms with van der Waals surface area (Å²) >= 11 is 0. The zero-order chi connectivity index (χ0) is 13.2. The fraction of sp³-hybridized carbons (Fsp3) is 0.200. The summed E-state index contributed by atoms with van der Waals surface area (Å²) in [6.45, 7) is 1.50. The first kappa shape index (κ1) is 12.5. The van der Waals surface area contributed by atoms with E-state index in [1.807, 2.05) is 0 Å². The standard InChI is InChI=1S/C10H11N3O4S/c1-7-12-10(17-13-7)6-11-18(15,16)9-5-3-2-4-8(9)14/h2-5,11,14H,6H2,1H3. The maximum Gasteiger partial charge on any atom is 0.244 e. The van der Waals surface area contributed by atoms with E-state index in [2.05, 4.69) is 14.9 Å². The number of rotatable bonds is 4. The highest BCUT2D eigenvalue weighted by molar-refractivity contribution is 7.89. The molecule has 2 rings (SSSR count). The molecule has 7 nitrogen and oxygen atoms in total. The third-order valence-electron chi connectivity index (χ3n) is 2.14. The molecule has 0 aliphatic carbocycles. The largest absolute Gasteiger partial charge is 0.507 e. The van der Waals surface area contributed by atoms with Crippen LogP contribution in [-0.4, -0.2) is 23.7 Å². The maximum atomic E-state index is 11.9. The number of nitrogens with zero attached hydrogens (tertiary/aromatic N) is 2. The monoisotopic (exact) mass is 269 g/mol. The first-order valence-electron chi connectivity index (χ1n) is 5.06. The van der Waals surface area contributed by atoms with Gasteiger partial charge in [-0.3, -0.25) is 0 Å². The van der Waals surface area contributed by atoms with Crippen molar-refractivity contribution in [2.75, 3.05) is 0 Å². The fourth-order valence-electron chi connectivity index (χ4n) is 1.33. The Morgan fingerprint density at radius 3 is 2.72 bits per heavy atom. The lowest BCUT2D eigenvalue weighted by molar-refractivity contribution is 0.371. The van der Waals surface area contributed by atoms with Gasteiger partial charge >= 0.3 is 0 Å². The minimum absolute atomic E-state index is 0.127. The molecule has 1 heterocycles. The molecule has 0 saturated carbocycles. The molecule has 0 atom stereocenters. The number of benzene rings is 1. The second-order valence-corrected chi connectivity index (χ2v) is 5.26. The Kier molecular flexibility index (Phi) is 3.30. The highest BCUT2D eigenvalue weighted by Gasteiger charge is 2.18. The van der Waals surface area contributed by atoms with Crippen LogP contribution < -0.4 is 4.72 Å². The molecule has 0 spiro atoms. The van der Waals surface area contributed by atoms with E-state index < -0.39 is 10.0 Å². The molecule has 0 bridgehead atoms. The van der Waals surface area contributed by atoms with Gasteiger partial charge in [0.1, 0.15) is 10.6 Å². The first-order valence-corrected chi connectivity index (χ1v) is 6.54. The summed E-state index contributed by atoms with van der Waals surface area (Å²) in [7, 11) is -3.81. The van der Waals surface area contributed by atoms with E-state index in [1.165, 1.54) is 24.3 Å². The van der Waals surface area contributed by atoms with Crippen LogP contribution >= 0.6 is 0 Å². The Morgan fingerprint density at radius 2 is 2.11 bits per heavy atom. The van der Waals surface area contributed by atoms with Crippen molar-refractivity contribution in [1.82, 2.24) is 14.9 Å². The Labute approximate surface area is 104 Å². The van der Waals surface area contributed by atoms with Crippen molar-refractivity contribution in [2.24, 2.45) is 0 Å². The van der Waals surface area contributed by atoms with Crippen molar-refractivity contribution >= 4 is 10.0 Å². The highest BCUT2D eigenvalue weighted by Crippen LogP contribution is 2.21. The fourth-order valence-corrected chi connectivity index (χ4v) is 2.40. The summed E-state index contributed by atoms with van der Waals surface area (Å²) in [6, 6.07) is 5.66. The molecule has 0 amide bonds. The number of aromatic nitrogens is 2. The van der Waals surface area contributed by atoms with Crippen LogP contribution in [0.15, 0.2) is 33.7 Å². The summed E-state index contributed by atoms with van der Waals surface area (Å²) < 4.78 is 30.8. The van der Waals surface area contributed by atoms with Crippen LogP contribution in [0.5, 0.6) is 5.75 Å². The molecule has 2 N–H and O–H groups in total. The molecule has 0 aliphatic heterocycles. The van der Waals surface area contributed by atoms with Gasteiger partial charge in [-0.2, -0.15) is 4.98 Å². The second-order valence-electron chi connectivity index (χ2n) is 3.53. The molecular formula is C10H11N3O4S. The minimum atomic E-state index is -3.81. The average Bonchev–Trinajstić information content (AvgIpc) is 2.73. The van der Waals surface area contributed by atoms with Gasteiger partial charge < -0.3 is 9.63 Å². The number of aromatic hydroxyl groups is 1. The second kappa shape index (κ2) is 4.75. The number of phenolic OH excluding ortho intramolecular Hbond substituents is 1. The number of phenols is 1. The predicted molar refractivity (Wildman–Crippen MR) is 61.2 cm³/mol. The van der Waals surface area contributed by atoms with Gasteiger partial charge in [0.15, 0.2) is 5.82 Å². The lowest BCUT2D eigenvalue weighted by atomic mass is 10.3. The van der Waals surface area contributed by atoms with E-state index >= 15 is 0 Å². The summed E-state index contributed by atoms with van der Waals surface area (Å²) in [6.07, 6.45) is 0. The minimum Gasteiger partial charge on any atom is -0.507 e. The number of hydrogen-bond acceptors (Lipinski definition) is 6. The lowest BCUT2D eigenvalue weighted by Gasteiger charge is -2.05. The molecule has 2 aromatic rings. The molecule has 0 radical (unpaired) electrons. The van der Waals surface area contributed by atoms with Crippen LogP contribution in [0.2, 0.25) is 0 Å². The molecule has 0 saturated heterocycles. The van der Waals surface area contributed by atoms with Gasteiger partial charge in [0, 0.05) is 0 Å². The molecule has 0 unspecified atom stereocenters. The SMILES string of the molecule is Cc1noc(CNS(=O)(=O)c2ccccc2O)n1. The van der Waals surface area contributed by atoms with Crippen molar-refractivity contribution in [3.63, 3.8) is 0 Å².